The number of likely N-dealkylation sites (tertiary alicyclic amines) is 1. The number of unbranched alkanes of at least 4 members (excludes halogenated alkanes) is 1. The van der Waals surface area contributed by atoms with E-state index in [1.165, 1.54) is 0 Å². The maximum Gasteiger partial charge on any atom is 0.322 e. The molecule has 1 aliphatic heterocycles. The number of pyridine rings is 1. The van der Waals surface area contributed by atoms with E-state index in [1.807, 2.05) is 13.0 Å². The van der Waals surface area contributed by atoms with Gasteiger partial charge in [0.2, 0.25) is 15.9 Å². The van der Waals surface area contributed by atoms with Gasteiger partial charge in [0.1, 0.15) is 17.4 Å². The molecule has 242 valence electrons. The Bertz CT molecular complexity index is 1580. The highest BCUT2D eigenvalue weighted by Crippen LogP contribution is 2.25. The zero-order valence-corrected chi connectivity index (χ0v) is 26.1. The fourth-order valence-corrected chi connectivity index (χ4v) is 5.61. The molecule has 1 aromatic heterocycles. The van der Waals surface area contributed by atoms with Crippen molar-refractivity contribution in [2.75, 3.05) is 35.4 Å². The molecule has 0 radical (unpaired) electrons. The van der Waals surface area contributed by atoms with Crippen molar-refractivity contribution in [2.24, 2.45) is 5.73 Å². The minimum Gasteiger partial charge on any atom is -0.439 e. The molecule has 0 unspecified atom stereocenters. The number of amides is 3. The van der Waals surface area contributed by atoms with Gasteiger partial charge in [-0.2, -0.15) is 0 Å². The Morgan fingerprint density at radius 2 is 1.78 bits per heavy atom. The third-order valence-corrected chi connectivity index (χ3v) is 8.82. The van der Waals surface area contributed by atoms with Crippen molar-refractivity contribution in [1.29, 1.82) is 0 Å². The summed E-state index contributed by atoms with van der Waals surface area (Å²) in [7, 11) is -3.36. The quantitative estimate of drug-likeness (QED) is 0.229. The molecule has 45 heavy (non-hydrogen) atoms. The molecule has 3 amide bonds. The van der Waals surface area contributed by atoms with Crippen LogP contribution in [-0.2, 0) is 16.6 Å². The SMILES string of the molecule is CCCCN(C(=O)Nc1cc(C(N)=O)c(F)cc1F)C1CCN(Cc2ccc(Oc3ccc(NS(=O)(=O)CC)cc3)nc2)CC1. The molecule has 11 nitrogen and oxygen atoms in total. The summed E-state index contributed by atoms with van der Waals surface area (Å²) in [6.07, 6.45) is 4.76. The lowest BCUT2D eigenvalue weighted by Gasteiger charge is -2.38. The second kappa shape index (κ2) is 15.1. The summed E-state index contributed by atoms with van der Waals surface area (Å²) in [4.78, 5) is 33.1. The van der Waals surface area contributed by atoms with Crippen LogP contribution in [0.25, 0.3) is 0 Å². The first-order valence-electron chi connectivity index (χ1n) is 14.8. The van der Waals surface area contributed by atoms with Gasteiger partial charge < -0.3 is 20.7 Å². The molecule has 4 N–H and O–H groups in total. The lowest BCUT2D eigenvalue weighted by molar-refractivity contribution is 0.0996. The van der Waals surface area contributed by atoms with Gasteiger partial charge in [0.25, 0.3) is 5.91 Å². The highest BCUT2D eigenvalue weighted by atomic mass is 32.2. The average molecular weight is 645 g/mol. The highest BCUT2D eigenvalue weighted by Gasteiger charge is 2.28. The molecule has 0 aliphatic carbocycles. The molecule has 1 aliphatic rings. The van der Waals surface area contributed by atoms with Gasteiger partial charge in [-0.15, -0.1) is 0 Å². The zero-order chi connectivity index (χ0) is 32.6. The van der Waals surface area contributed by atoms with E-state index in [0.717, 1.165) is 37.6 Å². The van der Waals surface area contributed by atoms with Gasteiger partial charge in [0.15, 0.2) is 0 Å². The van der Waals surface area contributed by atoms with Gasteiger partial charge in [0.05, 0.1) is 17.0 Å². The molecular formula is C31H38F2N6O5S. The van der Waals surface area contributed by atoms with Crippen LogP contribution >= 0.6 is 0 Å². The van der Waals surface area contributed by atoms with Crippen molar-refractivity contribution in [2.45, 2.75) is 52.1 Å². The lowest BCUT2D eigenvalue weighted by Crippen LogP contribution is -2.49. The zero-order valence-electron chi connectivity index (χ0n) is 25.3. The number of ether oxygens (including phenoxy) is 1. The maximum absolute atomic E-state index is 14.4. The Morgan fingerprint density at radius 3 is 2.38 bits per heavy atom. The van der Waals surface area contributed by atoms with Crippen LogP contribution in [-0.4, -0.2) is 66.6 Å². The fourth-order valence-electron chi connectivity index (χ4n) is 4.97. The number of carbonyl (C=O) groups excluding carboxylic acids is 2. The summed E-state index contributed by atoms with van der Waals surface area (Å²) < 4.78 is 60.1. The van der Waals surface area contributed by atoms with Gasteiger partial charge in [-0.05, 0) is 62.1 Å². The van der Waals surface area contributed by atoms with Crippen LogP contribution in [0.5, 0.6) is 11.6 Å². The molecule has 2 aromatic carbocycles. The molecule has 0 saturated carbocycles. The Hall–Kier alpha value is -4.30. The van der Waals surface area contributed by atoms with Gasteiger partial charge in [-0.1, -0.05) is 19.4 Å². The van der Waals surface area contributed by atoms with E-state index >= 15 is 0 Å². The van der Waals surface area contributed by atoms with Crippen LogP contribution in [0.3, 0.4) is 0 Å². The first kappa shape index (κ1) is 33.6. The van der Waals surface area contributed by atoms with Crippen molar-refractivity contribution in [3.8, 4) is 11.6 Å². The second-order valence-electron chi connectivity index (χ2n) is 10.8. The molecule has 1 saturated heterocycles. The van der Waals surface area contributed by atoms with E-state index in [-0.39, 0.29) is 17.5 Å². The Labute approximate surface area is 261 Å². The van der Waals surface area contributed by atoms with Crippen LogP contribution in [0.15, 0.2) is 54.7 Å². The number of benzene rings is 2. The number of piperidine rings is 1. The van der Waals surface area contributed by atoms with Gasteiger partial charge >= 0.3 is 6.03 Å². The Kier molecular flexibility index (Phi) is 11.3. The summed E-state index contributed by atoms with van der Waals surface area (Å²) in [5.41, 5.74) is 5.82. The smallest absolute Gasteiger partial charge is 0.322 e. The summed E-state index contributed by atoms with van der Waals surface area (Å²) in [5.74, 6) is -2.23. The number of sulfonamides is 1. The summed E-state index contributed by atoms with van der Waals surface area (Å²) in [6.45, 7) is 6.16. The topological polar surface area (TPSA) is 147 Å². The standard InChI is InChI=1S/C31H38F2N6O5S/c1-3-5-14-39(31(41)36-28-17-25(30(34)40)26(32)18-27(28)33)23-12-15-38(16-13-23)20-21-6-11-29(35-19-21)44-24-9-7-22(8-10-24)37-45(42,43)4-2/h6-11,17-19,23,37H,3-5,12-16,20H2,1-2H3,(H2,34,40)(H,36,41). The number of hydrogen-bond donors (Lipinski definition) is 3. The largest absolute Gasteiger partial charge is 0.439 e. The van der Waals surface area contributed by atoms with Crippen LogP contribution < -0.4 is 20.5 Å². The molecule has 0 spiro atoms. The summed E-state index contributed by atoms with van der Waals surface area (Å²) in [5, 5.41) is 2.50. The van der Waals surface area contributed by atoms with Crippen molar-refractivity contribution < 1.29 is 31.5 Å². The number of primary amides is 1. The molecule has 4 rings (SSSR count). The number of hydrogen-bond acceptors (Lipinski definition) is 7. The number of rotatable bonds is 13. The highest BCUT2D eigenvalue weighted by molar-refractivity contribution is 7.92. The number of halogens is 2. The lowest BCUT2D eigenvalue weighted by atomic mass is 10.0. The van der Waals surface area contributed by atoms with Crippen LogP contribution in [0.4, 0.5) is 25.0 Å². The number of nitrogens with zero attached hydrogens (tertiary/aromatic N) is 3. The normalized spacial score (nSPS) is 14.1. The molecule has 0 atom stereocenters. The van der Waals surface area contributed by atoms with Crippen molar-refractivity contribution in [1.82, 2.24) is 14.8 Å². The Morgan fingerprint density at radius 1 is 1.07 bits per heavy atom. The third-order valence-electron chi connectivity index (χ3n) is 7.51. The molecular weight excluding hydrogens is 606 g/mol. The van der Waals surface area contributed by atoms with Crippen molar-refractivity contribution in [3.05, 3.63) is 77.5 Å². The first-order chi connectivity index (χ1) is 21.5. The minimum atomic E-state index is -3.36. The second-order valence-corrected chi connectivity index (χ2v) is 12.8. The molecule has 3 aromatic rings. The average Bonchev–Trinajstić information content (AvgIpc) is 3.01. The molecule has 2 heterocycles. The van der Waals surface area contributed by atoms with E-state index in [2.05, 4.69) is 19.9 Å². The Balaban J connectivity index is 1.31. The van der Waals surface area contributed by atoms with E-state index in [0.29, 0.717) is 49.3 Å². The van der Waals surface area contributed by atoms with Gasteiger partial charge in [-0.25, -0.2) is 27.0 Å². The predicted molar refractivity (Wildman–Crippen MR) is 168 cm³/mol. The number of urea groups is 1. The van der Waals surface area contributed by atoms with Gasteiger partial charge in [0, 0.05) is 56.2 Å². The minimum absolute atomic E-state index is 0.0172. The van der Waals surface area contributed by atoms with E-state index < -0.39 is 39.2 Å². The summed E-state index contributed by atoms with van der Waals surface area (Å²) in [6, 6.07) is 11.1. The van der Waals surface area contributed by atoms with Crippen LogP contribution in [0.1, 0.15) is 55.5 Å². The van der Waals surface area contributed by atoms with Crippen molar-refractivity contribution >= 4 is 33.3 Å². The van der Waals surface area contributed by atoms with Crippen LogP contribution in [0, 0.1) is 11.6 Å². The maximum atomic E-state index is 14.4. The van der Waals surface area contributed by atoms with Gasteiger partial charge in [-0.3, -0.25) is 14.4 Å². The van der Waals surface area contributed by atoms with E-state index in [9.17, 15) is 26.8 Å². The fraction of sp³-hybridized carbons (Fsp3) is 0.387. The number of nitrogens with one attached hydrogen (secondary N) is 2. The number of aromatic nitrogens is 1. The monoisotopic (exact) mass is 644 g/mol. The van der Waals surface area contributed by atoms with E-state index in [1.54, 1.807) is 48.4 Å². The summed E-state index contributed by atoms with van der Waals surface area (Å²) >= 11 is 0. The van der Waals surface area contributed by atoms with Crippen LogP contribution in [0.2, 0.25) is 0 Å². The predicted octanol–water partition coefficient (Wildman–Crippen LogP) is 5.31. The van der Waals surface area contributed by atoms with Crippen molar-refractivity contribution in [3.63, 3.8) is 0 Å². The third kappa shape index (κ3) is 9.35. The van der Waals surface area contributed by atoms with E-state index in [4.69, 9.17) is 10.5 Å². The number of anilines is 2. The number of nitrogens with two attached hydrogens (primary N) is 1. The first-order valence-corrected chi connectivity index (χ1v) is 16.4. The molecule has 1 fully saturated rings. The molecule has 14 heteroatoms. The molecule has 0 bridgehead atoms. The number of carbonyl (C=O) groups is 2.